The summed E-state index contributed by atoms with van der Waals surface area (Å²) in [4.78, 5) is 12.1. The van der Waals surface area contributed by atoms with Crippen LogP contribution in [0.4, 0.5) is 4.39 Å². The molecule has 1 aliphatic rings. The molecular formula is C15H19BrFNO. The van der Waals surface area contributed by atoms with Crippen molar-refractivity contribution in [1.29, 1.82) is 0 Å². The first kappa shape index (κ1) is 14.5. The first-order valence-corrected chi connectivity index (χ1v) is 7.72. The highest BCUT2D eigenvalue weighted by Crippen LogP contribution is 2.19. The molecule has 1 aromatic rings. The Morgan fingerprint density at radius 2 is 1.79 bits per heavy atom. The van der Waals surface area contributed by atoms with Crippen molar-refractivity contribution in [2.45, 2.75) is 51.0 Å². The monoisotopic (exact) mass is 327 g/mol. The van der Waals surface area contributed by atoms with Crippen LogP contribution in [0.15, 0.2) is 22.7 Å². The second-order valence-corrected chi connectivity index (χ2v) is 6.06. The van der Waals surface area contributed by atoms with E-state index in [0.29, 0.717) is 4.47 Å². The molecule has 1 amide bonds. The summed E-state index contributed by atoms with van der Waals surface area (Å²) in [5, 5.41) is 2.97. The standard InChI is InChI=1S/C15H19BrFNO/c16-11-8-9-13(14(17)10-11)15(19)18-12-6-4-2-1-3-5-7-12/h8-10,12H,1-7H2,(H,18,19). The summed E-state index contributed by atoms with van der Waals surface area (Å²) in [6.45, 7) is 0. The van der Waals surface area contributed by atoms with Gasteiger partial charge in [-0.15, -0.1) is 0 Å². The van der Waals surface area contributed by atoms with E-state index >= 15 is 0 Å². The molecule has 0 bridgehead atoms. The number of benzene rings is 1. The second kappa shape index (κ2) is 7.04. The molecule has 0 saturated heterocycles. The fraction of sp³-hybridized carbons (Fsp3) is 0.533. The molecule has 0 heterocycles. The van der Waals surface area contributed by atoms with Gasteiger partial charge in [-0.3, -0.25) is 4.79 Å². The highest BCUT2D eigenvalue weighted by Gasteiger charge is 2.17. The maximum Gasteiger partial charge on any atom is 0.254 e. The van der Waals surface area contributed by atoms with Gasteiger partial charge in [-0.1, -0.05) is 48.0 Å². The summed E-state index contributed by atoms with van der Waals surface area (Å²) in [6.07, 6.45) is 8.06. The normalized spacial score (nSPS) is 17.6. The zero-order chi connectivity index (χ0) is 13.7. The van der Waals surface area contributed by atoms with Crippen LogP contribution < -0.4 is 5.32 Å². The third kappa shape index (κ3) is 4.30. The molecular weight excluding hydrogens is 309 g/mol. The van der Waals surface area contributed by atoms with Crippen LogP contribution in [0.2, 0.25) is 0 Å². The molecule has 2 rings (SSSR count). The van der Waals surface area contributed by atoms with Gasteiger partial charge in [0, 0.05) is 10.5 Å². The Balaban J connectivity index is 1.99. The Hall–Kier alpha value is -0.900. The zero-order valence-electron chi connectivity index (χ0n) is 10.9. The van der Waals surface area contributed by atoms with E-state index in [0.717, 1.165) is 25.7 Å². The zero-order valence-corrected chi connectivity index (χ0v) is 12.5. The van der Waals surface area contributed by atoms with Gasteiger partial charge in [0.15, 0.2) is 0 Å². The van der Waals surface area contributed by atoms with Crippen LogP contribution in [-0.4, -0.2) is 11.9 Å². The smallest absolute Gasteiger partial charge is 0.254 e. The number of hydrogen-bond donors (Lipinski definition) is 1. The quantitative estimate of drug-likeness (QED) is 0.855. The molecule has 0 unspecified atom stereocenters. The molecule has 1 saturated carbocycles. The van der Waals surface area contributed by atoms with Crippen molar-refractivity contribution in [3.8, 4) is 0 Å². The summed E-state index contributed by atoms with van der Waals surface area (Å²) in [5.41, 5.74) is 0.130. The Morgan fingerprint density at radius 3 is 2.42 bits per heavy atom. The fourth-order valence-corrected chi connectivity index (χ4v) is 2.87. The first-order chi connectivity index (χ1) is 9.16. The van der Waals surface area contributed by atoms with Crippen LogP contribution in [0, 0.1) is 5.82 Å². The number of carbonyl (C=O) groups excluding carboxylic acids is 1. The van der Waals surface area contributed by atoms with E-state index < -0.39 is 5.82 Å². The summed E-state index contributed by atoms with van der Waals surface area (Å²) >= 11 is 3.19. The van der Waals surface area contributed by atoms with E-state index in [1.807, 2.05) is 0 Å². The molecule has 0 spiro atoms. The van der Waals surface area contributed by atoms with Crippen LogP contribution in [0.3, 0.4) is 0 Å². The lowest BCUT2D eigenvalue weighted by atomic mass is 9.96. The fourth-order valence-electron chi connectivity index (χ4n) is 2.54. The van der Waals surface area contributed by atoms with Gasteiger partial charge < -0.3 is 5.32 Å². The number of hydrogen-bond acceptors (Lipinski definition) is 1. The highest BCUT2D eigenvalue weighted by atomic mass is 79.9. The Kier molecular flexibility index (Phi) is 5.37. The van der Waals surface area contributed by atoms with Crippen LogP contribution in [0.25, 0.3) is 0 Å². The molecule has 0 radical (unpaired) electrons. The second-order valence-electron chi connectivity index (χ2n) is 5.14. The highest BCUT2D eigenvalue weighted by molar-refractivity contribution is 9.10. The largest absolute Gasteiger partial charge is 0.349 e. The van der Waals surface area contributed by atoms with Crippen molar-refractivity contribution in [3.63, 3.8) is 0 Å². The molecule has 0 aliphatic heterocycles. The molecule has 4 heteroatoms. The van der Waals surface area contributed by atoms with Gasteiger partial charge in [0.05, 0.1) is 5.56 Å². The topological polar surface area (TPSA) is 29.1 Å². The van der Waals surface area contributed by atoms with Gasteiger partial charge in [0.25, 0.3) is 5.91 Å². The van der Waals surface area contributed by atoms with Gasteiger partial charge in [-0.05, 0) is 31.0 Å². The van der Waals surface area contributed by atoms with Crippen LogP contribution in [0.5, 0.6) is 0 Å². The maximum absolute atomic E-state index is 13.7. The molecule has 1 fully saturated rings. The molecule has 0 aromatic heterocycles. The summed E-state index contributed by atoms with van der Waals surface area (Å²) in [5.74, 6) is -0.770. The van der Waals surface area contributed by atoms with Gasteiger partial charge in [0.2, 0.25) is 0 Å². The van der Waals surface area contributed by atoms with E-state index in [-0.39, 0.29) is 17.5 Å². The predicted molar refractivity (Wildman–Crippen MR) is 77.7 cm³/mol. The van der Waals surface area contributed by atoms with Gasteiger partial charge >= 0.3 is 0 Å². The van der Waals surface area contributed by atoms with Crippen molar-refractivity contribution in [3.05, 3.63) is 34.1 Å². The van der Waals surface area contributed by atoms with Crippen molar-refractivity contribution < 1.29 is 9.18 Å². The van der Waals surface area contributed by atoms with Crippen molar-refractivity contribution in [2.75, 3.05) is 0 Å². The van der Waals surface area contributed by atoms with Crippen LogP contribution >= 0.6 is 15.9 Å². The molecule has 1 aromatic carbocycles. The molecule has 1 aliphatic carbocycles. The van der Waals surface area contributed by atoms with E-state index in [1.54, 1.807) is 6.07 Å². The molecule has 2 nitrogen and oxygen atoms in total. The average molecular weight is 328 g/mol. The van der Waals surface area contributed by atoms with E-state index in [9.17, 15) is 9.18 Å². The first-order valence-electron chi connectivity index (χ1n) is 6.93. The van der Waals surface area contributed by atoms with E-state index in [1.165, 1.54) is 31.4 Å². The lowest BCUT2D eigenvalue weighted by Crippen LogP contribution is -2.35. The summed E-state index contributed by atoms with van der Waals surface area (Å²) in [6, 6.07) is 4.73. The third-order valence-corrected chi connectivity index (χ3v) is 4.11. The molecule has 19 heavy (non-hydrogen) atoms. The average Bonchev–Trinajstić information content (AvgIpc) is 2.32. The predicted octanol–water partition coefficient (Wildman–Crippen LogP) is 4.43. The Morgan fingerprint density at radius 1 is 1.16 bits per heavy atom. The summed E-state index contributed by atoms with van der Waals surface area (Å²) < 4.78 is 14.4. The van der Waals surface area contributed by atoms with Crippen LogP contribution in [-0.2, 0) is 0 Å². The van der Waals surface area contributed by atoms with E-state index in [2.05, 4.69) is 21.2 Å². The Bertz CT molecular complexity index is 442. The van der Waals surface area contributed by atoms with Crippen molar-refractivity contribution in [1.82, 2.24) is 5.32 Å². The minimum Gasteiger partial charge on any atom is -0.349 e. The molecule has 104 valence electrons. The van der Waals surface area contributed by atoms with Gasteiger partial charge in [0.1, 0.15) is 5.82 Å². The van der Waals surface area contributed by atoms with E-state index in [4.69, 9.17) is 0 Å². The van der Waals surface area contributed by atoms with Crippen molar-refractivity contribution >= 4 is 21.8 Å². The minimum absolute atomic E-state index is 0.130. The van der Waals surface area contributed by atoms with Crippen molar-refractivity contribution in [2.24, 2.45) is 0 Å². The maximum atomic E-state index is 13.7. The number of halogens is 2. The minimum atomic E-state index is -0.474. The molecule has 1 N–H and O–H groups in total. The lowest BCUT2D eigenvalue weighted by Gasteiger charge is -2.21. The summed E-state index contributed by atoms with van der Waals surface area (Å²) in [7, 11) is 0. The number of nitrogens with one attached hydrogen (secondary N) is 1. The number of amides is 1. The lowest BCUT2D eigenvalue weighted by molar-refractivity contribution is 0.0926. The molecule has 0 atom stereocenters. The number of rotatable bonds is 2. The SMILES string of the molecule is O=C(NC1CCCCCCC1)c1ccc(Br)cc1F. The van der Waals surface area contributed by atoms with Gasteiger partial charge in [-0.2, -0.15) is 0 Å². The third-order valence-electron chi connectivity index (χ3n) is 3.62. The van der Waals surface area contributed by atoms with Gasteiger partial charge in [-0.25, -0.2) is 4.39 Å². The Labute approximate surface area is 121 Å². The number of carbonyl (C=O) groups is 1. The van der Waals surface area contributed by atoms with Crippen LogP contribution in [0.1, 0.15) is 55.3 Å².